The van der Waals surface area contributed by atoms with Gasteiger partial charge in [-0.25, -0.2) is 0 Å². The van der Waals surface area contributed by atoms with Crippen LogP contribution in [0.4, 0.5) is 0 Å². The fourth-order valence-electron chi connectivity index (χ4n) is 2.62. The fraction of sp³-hybridized carbons (Fsp3) is 0.533. The third kappa shape index (κ3) is 3.10. The van der Waals surface area contributed by atoms with Gasteiger partial charge >= 0.3 is 0 Å². The minimum atomic E-state index is 0.238. The average molecular weight is 246 g/mol. The van der Waals surface area contributed by atoms with E-state index in [-0.39, 0.29) is 5.91 Å². The normalized spacial score (nSPS) is 19.9. The molecule has 0 saturated carbocycles. The molecule has 98 valence electrons. The van der Waals surface area contributed by atoms with Crippen LogP contribution in [0.25, 0.3) is 0 Å². The molecule has 1 unspecified atom stereocenters. The monoisotopic (exact) mass is 246 g/mol. The molecule has 1 amide bonds. The van der Waals surface area contributed by atoms with Crippen LogP contribution in [0.3, 0.4) is 0 Å². The van der Waals surface area contributed by atoms with Gasteiger partial charge in [-0.2, -0.15) is 0 Å². The molecule has 1 aliphatic rings. The summed E-state index contributed by atoms with van der Waals surface area (Å²) in [6, 6.07) is 7.95. The first-order chi connectivity index (χ1) is 8.70. The third-order valence-corrected chi connectivity index (χ3v) is 3.69. The van der Waals surface area contributed by atoms with Gasteiger partial charge in [-0.05, 0) is 29.9 Å². The first-order valence-electron chi connectivity index (χ1n) is 6.75. The van der Waals surface area contributed by atoms with Gasteiger partial charge in [-0.1, -0.05) is 31.2 Å². The maximum absolute atomic E-state index is 12.3. The molecule has 0 aliphatic carbocycles. The topological polar surface area (TPSA) is 46.3 Å². The van der Waals surface area contributed by atoms with Crippen LogP contribution in [-0.4, -0.2) is 23.9 Å². The molecule has 1 aliphatic heterocycles. The van der Waals surface area contributed by atoms with Gasteiger partial charge in [0.1, 0.15) is 0 Å². The van der Waals surface area contributed by atoms with Crippen molar-refractivity contribution < 1.29 is 4.79 Å². The number of benzene rings is 1. The zero-order chi connectivity index (χ0) is 13.0. The molecule has 0 radical (unpaired) electrons. The molecule has 0 aromatic heterocycles. The fourth-order valence-corrected chi connectivity index (χ4v) is 2.62. The van der Waals surface area contributed by atoms with Crippen LogP contribution in [0.2, 0.25) is 0 Å². The summed E-state index contributed by atoms with van der Waals surface area (Å²) in [7, 11) is 0. The van der Waals surface area contributed by atoms with E-state index in [2.05, 4.69) is 6.92 Å². The Bertz CT molecular complexity index is 417. The Morgan fingerprint density at radius 3 is 2.78 bits per heavy atom. The van der Waals surface area contributed by atoms with E-state index >= 15 is 0 Å². The number of nitrogens with two attached hydrogens (primary N) is 1. The van der Waals surface area contributed by atoms with Crippen molar-refractivity contribution in [1.29, 1.82) is 0 Å². The number of nitrogens with zero attached hydrogens (tertiary/aromatic N) is 1. The minimum Gasteiger partial charge on any atom is -0.342 e. The number of likely N-dealkylation sites (tertiary alicyclic amines) is 1. The molecule has 2 N–H and O–H groups in total. The number of carbonyl (C=O) groups excluding carboxylic acids is 1. The van der Waals surface area contributed by atoms with Crippen LogP contribution >= 0.6 is 0 Å². The number of piperidine rings is 1. The largest absolute Gasteiger partial charge is 0.342 e. The van der Waals surface area contributed by atoms with Crippen molar-refractivity contribution in [1.82, 2.24) is 4.90 Å². The van der Waals surface area contributed by atoms with E-state index in [1.54, 1.807) is 0 Å². The lowest BCUT2D eigenvalue weighted by atomic mass is 9.98. The van der Waals surface area contributed by atoms with E-state index in [4.69, 9.17) is 5.73 Å². The van der Waals surface area contributed by atoms with Crippen LogP contribution in [-0.2, 0) is 17.8 Å². The predicted octanol–water partition coefficient (Wildman–Crippen LogP) is 1.95. The number of carbonyl (C=O) groups is 1. The maximum atomic E-state index is 12.3. The molecule has 18 heavy (non-hydrogen) atoms. The summed E-state index contributed by atoms with van der Waals surface area (Å²) in [6.07, 6.45) is 2.86. The van der Waals surface area contributed by atoms with Gasteiger partial charge in [0.15, 0.2) is 0 Å². The van der Waals surface area contributed by atoms with Crippen molar-refractivity contribution in [3.05, 3.63) is 35.4 Å². The highest BCUT2D eigenvalue weighted by Crippen LogP contribution is 2.17. The molecule has 1 fully saturated rings. The number of hydrogen-bond donors (Lipinski definition) is 1. The van der Waals surface area contributed by atoms with Crippen LogP contribution in [0.5, 0.6) is 0 Å². The quantitative estimate of drug-likeness (QED) is 0.886. The maximum Gasteiger partial charge on any atom is 0.227 e. The molecule has 3 nitrogen and oxygen atoms in total. The number of amides is 1. The summed E-state index contributed by atoms with van der Waals surface area (Å²) in [4.78, 5) is 14.3. The molecule has 1 saturated heterocycles. The lowest BCUT2D eigenvalue weighted by Gasteiger charge is -2.31. The van der Waals surface area contributed by atoms with Crippen molar-refractivity contribution in [3.63, 3.8) is 0 Å². The Kier molecular flexibility index (Phi) is 4.37. The molecule has 2 rings (SSSR count). The van der Waals surface area contributed by atoms with Crippen LogP contribution in [0, 0.1) is 5.92 Å². The smallest absolute Gasteiger partial charge is 0.227 e. The summed E-state index contributed by atoms with van der Waals surface area (Å²) in [6.45, 7) is 4.53. The Balaban J connectivity index is 2.02. The summed E-state index contributed by atoms with van der Waals surface area (Å²) < 4.78 is 0. The molecule has 1 heterocycles. The second-order valence-corrected chi connectivity index (χ2v) is 5.24. The molecular formula is C15H22N2O. The van der Waals surface area contributed by atoms with Gasteiger partial charge in [0.2, 0.25) is 5.91 Å². The van der Waals surface area contributed by atoms with Crippen LogP contribution in [0.1, 0.15) is 30.9 Å². The Hall–Kier alpha value is -1.35. The molecule has 1 atom stereocenters. The third-order valence-electron chi connectivity index (χ3n) is 3.69. The zero-order valence-electron chi connectivity index (χ0n) is 11.1. The molecule has 0 bridgehead atoms. The standard InChI is InChI=1S/C15H22N2O/c1-12-5-4-8-17(11-12)15(18)9-13-6-2-3-7-14(13)10-16/h2-3,6-7,12H,4-5,8-11,16H2,1H3. The molecule has 1 aromatic carbocycles. The number of rotatable bonds is 3. The average Bonchev–Trinajstić information content (AvgIpc) is 2.39. The molecule has 1 aromatic rings. The summed E-state index contributed by atoms with van der Waals surface area (Å²) in [5.74, 6) is 0.870. The van der Waals surface area contributed by atoms with Crippen molar-refractivity contribution >= 4 is 5.91 Å². The van der Waals surface area contributed by atoms with Crippen molar-refractivity contribution in [2.75, 3.05) is 13.1 Å². The van der Waals surface area contributed by atoms with E-state index < -0.39 is 0 Å². The van der Waals surface area contributed by atoms with Gasteiger partial charge in [0, 0.05) is 19.6 Å². The molecule has 3 heteroatoms. The van der Waals surface area contributed by atoms with E-state index in [9.17, 15) is 4.79 Å². The Labute approximate surface area is 109 Å². The molecular weight excluding hydrogens is 224 g/mol. The lowest BCUT2D eigenvalue weighted by molar-refractivity contribution is -0.132. The second kappa shape index (κ2) is 6.01. The summed E-state index contributed by atoms with van der Waals surface area (Å²) >= 11 is 0. The van der Waals surface area contributed by atoms with Gasteiger partial charge in [0.25, 0.3) is 0 Å². The van der Waals surface area contributed by atoms with Crippen molar-refractivity contribution in [3.8, 4) is 0 Å². The van der Waals surface area contributed by atoms with E-state index in [0.717, 1.165) is 30.6 Å². The highest BCUT2D eigenvalue weighted by molar-refractivity contribution is 5.79. The number of hydrogen-bond acceptors (Lipinski definition) is 2. The van der Waals surface area contributed by atoms with Crippen molar-refractivity contribution in [2.24, 2.45) is 11.7 Å². The van der Waals surface area contributed by atoms with E-state index in [1.165, 1.54) is 6.42 Å². The van der Waals surface area contributed by atoms with Crippen molar-refractivity contribution in [2.45, 2.75) is 32.7 Å². The van der Waals surface area contributed by atoms with E-state index in [0.29, 0.717) is 18.9 Å². The SMILES string of the molecule is CC1CCCN(C(=O)Cc2ccccc2CN)C1. The van der Waals surface area contributed by atoms with Gasteiger partial charge in [-0.3, -0.25) is 4.79 Å². The van der Waals surface area contributed by atoms with Gasteiger partial charge < -0.3 is 10.6 Å². The lowest BCUT2D eigenvalue weighted by Crippen LogP contribution is -2.40. The van der Waals surface area contributed by atoms with Gasteiger partial charge in [-0.15, -0.1) is 0 Å². The first kappa shape index (κ1) is 13.1. The highest BCUT2D eigenvalue weighted by atomic mass is 16.2. The summed E-state index contributed by atoms with van der Waals surface area (Å²) in [5, 5.41) is 0. The predicted molar refractivity (Wildman–Crippen MR) is 73.0 cm³/mol. The minimum absolute atomic E-state index is 0.238. The zero-order valence-corrected chi connectivity index (χ0v) is 11.1. The van der Waals surface area contributed by atoms with Gasteiger partial charge in [0.05, 0.1) is 6.42 Å². The van der Waals surface area contributed by atoms with Crippen LogP contribution < -0.4 is 5.73 Å². The first-order valence-corrected chi connectivity index (χ1v) is 6.75. The van der Waals surface area contributed by atoms with Crippen LogP contribution in [0.15, 0.2) is 24.3 Å². The highest BCUT2D eigenvalue weighted by Gasteiger charge is 2.21. The second-order valence-electron chi connectivity index (χ2n) is 5.24. The molecule has 0 spiro atoms. The Morgan fingerprint density at radius 1 is 1.39 bits per heavy atom. The Morgan fingerprint density at radius 2 is 2.11 bits per heavy atom. The summed E-state index contributed by atoms with van der Waals surface area (Å²) in [5.41, 5.74) is 7.85. The van der Waals surface area contributed by atoms with E-state index in [1.807, 2.05) is 29.2 Å².